The van der Waals surface area contributed by atoms with Crippen LogP contribution >= 0.6 is 0 Å². The van der Waals surface area contributed by atoms with Gasteiger partial charge >= 0.3 is 0 Å². The van der Waals surface area contributed by atoms with Gasteiger partial charge in [0.15, 0.2) is 17.4 Å². The third-order valence-electron chi connectivity index (χ3n) is 1.57. The topological polar surface area (TPSA) is 0 Å². The molecule has 1 heteroatoms. The Morgan fingerprint density at radius 1 is 0.909 bits per heavy atom. The first-order chi connectivity index (χ1) is 4.97. The molecule has 11 heavy (non-hydrogen) atoms. The molecule has 0 amide bonds. The molecule has 53 valence electrons. The summed E-state index contributed by atoms with van der Waals surface area (Å²) in [7, 11) is 0. The highest BCUT2D eigenvalue weighted by Crippen LogP contribution is 2.10. The molecular formula is C10H10Al. The smallest absolute Gasteiger partial charge is 0.0616 e. The van der Waals surface area contributed by atoms with Crippen molar-refractivity contribution in [3.63, 3.8) is 0 Å². The maximum absolute atomic E-state index is 3.15. The average Bonchev–Trinajstić information content (AvgIpc) is 2.05. The minimum Gasteiger partial charge on any atom is -0.0616 e. The predicted molar refractivity (Wildman–Crippen MR) is 52.7 cm³/mol. The van der Waals surface area contributed by atoms with Crippen molar-refractivity contribution in [3.05, 3.63) is 48.5 Å². The Morgan fingerprint density at radius 3 is 2.45 bits per heavy atom. The van der Waals surface area contributed by atoms with E-state index in [1.807, 2.05) is 24.3 Å². The van der Waals surface area contributed by atoms with Crippen molar-refractivity contribution in [2.24, 2.45) is 0 Å². The molecule has 2 rings (SSSR count). The van der Waals surface area contributed by atoms with E-state index < -0.39 is 0 Å². The van der Waals surface area contributed by atoms with Crippen LogP contribution in [0, 0.1) is 6.07 Å². The summed E-state index contributed by atoms with van der Waals surface area (Å²) in [6.45, 7) is 0. The summed E-state index contributed by atoms with van der Waals surface area (Å²) >= 11 is 0. The van der Waals surface area contributed by atoms with Gasteiger partial charge in [0, 0.05) is 0 Å². The Hall–Kier alpha value is -0.768. The van der Waals surface area contributed by atoms with Crippen molar-refractivity contribution in [1.29, 1.82) is 0 Å². The van der Waals surface area contributed by atoms with Crippen LogP contribution in [-0.2, 0) is 0 Å². The highest BCUT2D eigenvalue weighted by atomic mass is 27.0. The van der Waals surface area contributed by atoms with E-state index in [2.05, 4.69) is 24.3 Å². The average molecular weight is 157 g/mol. The highest BCUT2D eigenvalue weighted by molar-refractivity contribution is 5.81. The Balaban J connectivity index is 0.000000605. The van der Waals surface area contributed by atoms with E-state index in [1.54, 1.807) is 0 Å². The normalized spacial score (nSPS) is 9.09. The van der Waals surface area contributed by atoms with Gasteiger partial charge in [-0.25, -0.2) is 0 Å². The second-order valence-electron chi connectivity index (χ2n) is 2.26. The third-order valence-corrected chi connectivity index (χ3v) is 1.57. The fraction of sp³-hybridized carbons (Fsp3) is 0. The van der Waals surface area contributed by atoms with Gasteiger partial charge in [0.25, 0.3) is 0 Å². The lowest BCUT2D eigenvalue weighted by Gasteiger charge is -1.91. The summed E-state index contributed by atoms with van der Waals surface area (Å²) in [6.07, 6.45) is 0. The zero-order valence-corrected chi connectivity index (χ0v) is 5.54. The summed E-state index contributed by atoms with van der Waals surface area (Å²) in [5.74, 6) is 0. The van der Waals surface area contributed by atoms with Crippen molar-refractivity contribution in [2.45, 2.75) is 0 Å². The van der Waals surface area contributed by atoms with E-state index in [0.717, 1.165) is 0 Å². The van der Waals surface area contributed by atoms with Crippen molar-refractivity contribution in [1.82, 2.24) is 0 Å². The minimum atomic E-state index is 0. The van der Waals surface area contributed by atoms with Crippen molar-refractivity contribution < 1.29 is 0 Å². The fourth-order valence-corrected chi connectivity index (χ4v) is 1.06. The van der Waals surface area contributed by atoms with Gasteiger partial charge in [-0.1, -0.05) is 42.5 Å². The summed E-state index contributed by atoms with van der Waals surface area (Å²) in [5, 5.41) is 2.44. The first-order valence-corrected chi connectivity index (χ1v) is 3.32. The Bertz CT molecular complexity index is 276. The van der Waals surface area contributed by atoms with Crippen LogP contribution in [-0.4, -0.2) is 17.4 Å². The van der Waals surface area contributed by atoms with E-state index in [1.165, 1.54) is 10.8 Å². The summed E-state index contributed by atoms with van der Waals surface area (Å²) in [5.41, 5.74) is 0. The Kier molecular flexibility index (Phi) is 2.71. The van der Waals surface area contributed by atoms with Crippen molar-refractivity contribution in [3.8, 4) is 0 Å². The summed E-state index contributed by atoms with van der Waals surface area (Å²) in [4.78, 5) is 0. The lowest BCUT2D eigenvalue weighted by molar-refractivity contribution is 1.74. The van der Waals surface area contributed by atoms with Gasteiger partial charge in [0.05, 0.1) is 0 Å². The zero-order valence-electron chi connectivity index (χ0n) is 5.54. The SMILES string of the molecule is [AlH3].[c]1cccc2ccccc12. The van der Waals surface area contributed by atoms with Crippen LogP contribution in [0.5, 0.6) is 0 Å². The van der Waals surface area contributed by atoms with Crippen LogP contribution in [0.15, 0.2) is 42.5 Å². The molecule has 1 radical (unpaired) electrons. The second kappa shape index (κ2) is 3.57. The molecule has 0 atom stereocenters. The molecule has 0 bridgehead atoms. The van der Waals surface area contributed by atoms with E-state index in [9.17, 15) is 0 Å². The Labute approximate surface area is 77.0 Å². The van der Waals surface area contributed by atoms with E-state index in [0.29, 0.717) is 0 Å². The van der Waals surface area contributed by atoms with Crippen LogP contribution in [0.3, 0.4) is 0 Å². The van der Waals surface area contributed by atoms with Crippen LogP contribution in [0.2, 0.25) is 0 Å². The van der Waals surface area contributed by atoms with Crippen molar-refractivity contribution >= 4 is 28.1 Å². The van der Waals surface area contributed by atoms with Gasteiger partial charge in [0.1, 0.15) is 0 Å². The van der Waals surface area contributed by atoms with Crippen LogP contribution in [0.25, 0.3) is 10.8 Å². The van der Waals surface area contributed by atoms with Crippen molar-refractivity contribution in [2.75, 3.05) is 0 Å². The molecule has 0 aliphatic rings. The van der Waals surface area contributed by atoms with Crippen LogP contribution in [0.1, 0.15) is 0 Å². The number of benzene rings is 2. The van der Waals surface area contributed by atoms with Gasteiger partial charge in [0.2, 0.25) is 0 Å². The Morgan fingerprint density at radius 2 is 1.64 bits per heavy atom. The molecule has 0 fully saturated rings. The maximum Gasteiger partial charge on any atom is 0.187 e. The quantitative estimate of drug-likeness (QED) is 0.508. The standard InChI is InChI=1S/C10H7.Al.3H/c1-2-6-10-8-4-3-7-9(10)5-1;;;;/h1-7H;;;;. The first kappa shape index (κ1) is 8.33. The molecule has 0 nitrogen and oxygen atoms in total. The first-order valence-electron chi connectivity index (χ1n) is 3.32. The van der Waals surface area contributed by atoms with E-state index in [-0.39, 0.29) is 17.4 Å². The molecule has 2 aromatic rings. The molecule has 0 saturated heterocycles. The van der Waals surface area contributed by atoms with Gasteiger partial charge in [-0.3, -0.25) is 0 Å². The molecule has 0 saturated carbocycles. The predicted octanol–water partition coefficient (Wildman–Crippen LogP) is 1.46. The second-order valence-corrected chi connectivity index (χ2v) is 2.26. The third kappa shape index (κ3) is 1.63. The number of rotatable bonds is 0. The molecule has 0 aliphatic carbocycles. The molecule has 0 aromatic heterocycles. The molecule has 0 spiro atoms. The van der Waals surface area contributed by atoms with Gasteiger partial charge in [-0.05, 0) is 16.8 Å². The van der Waals surface area contributed by atoms with Gasteiger partial charge in [-0.15, -0.1) is 0 Å². The molecule has 2 aromatic carbocycles. The van der Waals surface area contributed by atoms with Gasteiger partial charge < -0.3 is 0 Å². The highest BCUT2D eigenvalue weighted by Gasteiger charge is 1.85. The monoisotopic (exact) mass is 157 g/mol. The lowest BCUT2D eigenvalue weighted by Crippen LogP contribution is -1.67. The molecule has 0 heterocycles. The largest absolute Gasteiger partial charge is 0.187 e. The minimum absolute atomic E-state index is 0. The molecule has 0 N–H and O–H groups in total. The number of fused-ring (bicyclic) bond motifs is 1. The fourth-order valence-electron chi connectivity index (χ4n) is 1.06. The van der Waals surface area contributed by atoms with E-state index >= 15 is 0 Å². The molecule has 0 unspecified atom stereocenters. The van der Waals surface area contributed by atoms with Crippen LogP contribution in [0.4, 0.5) is 0 Å². The lowest BCUT2D eigenvalue weighted by atomic mass is 10.1. The molecular weight excluding hydrogens is 147 g/mol. The number of hydrogen-bond donors (Lipinski definition) is 0. The van der Waals surface area contributed by atoms with Gasteiger partial charge in [-0.2, -0.15) is 0 Å². The maximum atomic E-state index is 3.15. The summed E-state index contributed by atoms with van der Waals surface area (Å²) in [6, 6.07) is 17.4. The number of hydrogen-bond acceptors (Lipinski definition) is 0. The zero-order chi connectivity index (χ0) is 6.81. The summed E-state index contributed by atoms with van der Waals surface area (Å²) < 4.78 is 0. The molecule has 0 aliphatic heterocycles. The van der Waals surface area contributed by atoms with E-state index in [4.69, 9.17) is 0 Å². The van der Waals surface area contributed by atoms with Crippen LogP contribution < -0.4 is 0 Å².